The zero-order valence-electron chi connectivity index (χ0n) is 16.1. The summed E-state index contributed by atoms with van der Waals surface area (Å²) in [6.07, 6.45) is 3.73. The molecule has 3 rings (SSSR count). The Bertz CT molecular complexity index is 773. The fraction of sp³-hybridized carbons (Fsp3) is 0.192. The minimum absolute atomic E-state index is 0.194. The molecule has 0 aliphatic heterocycles. The number of hydrogen-bond acceptors (Lipinski definition) is 2. The first kappa shape index (κ1) is 19.6. The van der Waals surface area contributed by atoms with E-state index in [1.165, 1.54) is 0 Å². The molecule has 2 nitrogen and oxygen atoms in total. The largest absolute Gasteiger partial charge is 0.466 e. The van der Waals surface area contributed by atoms with Gasteiger partial charge in [0.15, 0.2) is 0 Å². The lowest BCUT2D eigenvalue weighted by atomic mass is 9.67. The van der Waals surface area contributed by atoms with Crippen LogP contribution in [-0.4, -0.2) is 12.6 Å². The second-order valence-corrected chi connectivity index (χ2v) is 6.83. The van der Waals surface area contributed by atoms with Gasteiger partial charge in [0.1, 0.15) is 0 Å². The van der Waals surface area contributed by atoms with Gasteiger partial charge in [-0.3, -0.25) is 4.79 Å². The summed E-state index contributed by atoms with van der Waals surface area (Å²) in [7, 11) is 0. The number of carbonyl (C=O) groups excluding carboxylic acids is 1. The summed E-state index contributed by atoms with van der Waals surface area (Å²) in [6, 6.07) is 30.6. The number of allylic oxidation sites excluding steroid dienone is 1. The molecule has 0 spiro atoms. The van der Waals surface area contributed by atoms with Crippen LogP contribution in [0, 0.1) is 0 Å². The van der Waals surface area contributed by atoms with Gasteiger partial charge in [-0.1, -0.05) is 97.1 Å². The van der Waals surface area contributed by atoms with Crippen molar-refractivity contribution in [1.29, 1.82) is 0 Å². The summed E-state index contributed by atoms with van der Waals surface area (Å²) in [6.45, 7) is 4.13. The van der Waals surface area contributed by atoms with E-state index in [4.69, 9.17) is 4.74 Å². The van der Waals surface area contributed by atoms with Gasteiger partial charge in [-0.05, 0) is 29.5 Å². The van der Waals surface area contributed by atoms with Gasteiger partial charge in [0, 0.05) is 0 Å². The molecule has 0 aromatic heterocycles. The second kappa shape index (κ2) is 9.70. The van der Waals surface area contributed by atoms with E-state index in [1.807, 2.05) is 60.7 Å². The third-order valence-electron chi connectivity index (χ3n) is 5.02. The van der Waals surface area contributed by atoms with Crippen LogP contribution in [-0.2, 0) is 14.9 Å². The fourth-order valence-electron chi connectivity index (χ4n) is 3.66. The molecule has 0 heterocycles. The van der Waals surface area contributed by atoms with Crippen LogP contribution < -0.4 is 0 Å². The van der Waals surface area contributed by atoms with Gasteiger partial charge in [0.05, 0.1) is 18.4 Å². The van der Waals surface area contributed by atoms with Crippen molar-refractivity contribution in [2.24, 2.45) is 0 Å². The molecule has 0 atom stereocenters. The molecule has 0 aliphatic rings. The molecule has 0 amide bonds. The van der Waals surface area contributed by atoms with Crippen LogP contribution in [0.4, 0.5) is 0 Å². The highest BCUT2D eigenvalue weighted by molar-refractivity contribution is 5.74. The van der Waals surface area contributed by atoms with Crippen LogP contribution in [0.2, 0.25) is 0 Å². The molecule has 0 fully saturated rings. The van der Waals surface area contributed by atoms with Crippen molar-refractivity contribution in [2.45, 2.75) is 24.7 Å². The van der Waals surface area contributed by atoms with Crippen LogP contribution in [0.5, 0.6) is 0 Å². The second-order valence-electron chi connectivity index (χ2n) is 6.83. The molecule has 142 valence electrons. The topological polar surface area (TPSA) is 26.3 Å². The Kier molecular flexibility index (Phi) is 6.80. The highest BCUT2D eigenvalue weighted by Gasteiger charge is 2.38. The van der Waals surface area contributed by atoms with Crippen LogP contribution in [0.25, 0.3) is 0 Å². The molecule has 0 aliphatic carbocycles. The lowest BCUT2D eigenvalue weighted by molar-refractivity contribution is -0.144. The molecule has 2 heteroatoms. The standard InChI is InChI=1S/C26H26O2/c1-2-3-13-20-28-25(27)21-26(22-14-7-4-8-15-22,23-16-9-5-10-17-23)24-18-11-6-12-19-24/h2,4-12,14-19H,1,3,13,20-21H2. The molecule has 0 radical (unpaired) electrons. The monoisotopic (exact) mass is 370 g/mol. The Hall–Kier alpha value is -3.13. The summed E-state index contributed by atoms with van der Waals surface area (Å²) in [5.41, 5.74) is 2.64. The summed E-state index contributed by atoms with van der Waals surface area (Å²) in [5.74, 6) is -0.194. The first-order chi connectivity index (χ1) is 13.8. The van der Waals surface area contributed by atoms with Crippen LogP contribution in [0.3, 0.4) is 0 Å². The maximum absolute atomic E-state index is 12.9. The third kappa shape index (κ3) is 4.40. The van der Waals surface area contributed by atoms with E-state index in [1.54, 1.807) is 0 Å². The van der Waals surface area contributed by atoms with Crippen molar-refractivity contribution in [3.63, 3.8) is 0 Å². The molecule has 0 N–H and O–H groups in total. The molecular weight excluding hydrogens is 344 g/mol. The van der Waals surface area contributed by atoms with Crippen LogP contribution in [0.1, 0.15) is 36.0 Å². The van der Waals surface area contributed by atoms with Crippen molar-refractivity contribution in [3.05, 3.63) is 120 Å². The first-order valence-corrected chi connectivity index (χ1v) is 9.70. The average Bonchev–Trinajstić information content (AvgIpc) is 2.77. The van der Waals surface area contributed by atoms with Gasteiger partial charge in [-0.2, -0.15) is 0 Å². The Morgan fingerprint density at radius 3 is 1.61 bits per heavy atom. The Labute approximate surface area is 167 Å². The number of carbonyl (C=O) groups is 1. The smallest absolute Gasteiger partial charge is 0.307 e. The van der Waals surface area contributed by atoms with Crippen molar-refractivity contribution in [3.8, 4) is 0 Å². The number of esters is 1. The lowest BCUT2D eigenvalue weighted by Crippen LogP contribution is -2.33. The predicted molar refractivity (Wildman–Crippen MR) is 114 cm³/mol. The van der Waals surface area contributed by atoms with E-state index < -0.39 is 5.41 Å². The zero-order chi connectivity index (χ0) is 19.7. The molecule has 3 aromatic carbocycles. The molecule has 28 heavy (non-hydrogen) atoms. The summed E-state index contributed by atoms with van der Waals surface area (Å²) in [4.78, 5) is 12.9. The van der Waals surface area contributed by atoms with E-state index in [0.29, 0.717) is 6.61 Å². The van der Waals surface area contributed by atoms with E-state index in [-0.39, 0.29) is 12.4 Å². The molecule has 0 saturated carbocycles. The maximum atomic E-state index is 12.9. The molecule has 3 aromatic rings. The van der Waals surface area contributed by atoms with Crippen molar-refractivity contribution >= 4 is 5.97 Å². The van der Waals surface area contributed by atoms with E-state index >= 15 is 0 Å². The lowest BCUT2D eigenvalue weighted by Gasteiger charge is -2.35. The highest BCUT2D eigenvalue weighted by Crippen LogP contribution is 2.42. The maximum Gasteiger partial charge on any atom is 0.307 e. The molecular formula is C26H26O2. The number of hydrogen-bond donors (Lipinski definition) is 0. The van der Waals surface area contributed by atoms with Crippen LogP contribution >= 0.6 is 0 Å². The number of ether oxygens (including phenoxy) is 1. The summed E-state index contributed by atoms with van der Waals surface area (Å²) >= 11 is 0. The number of unbranched alkanes of at least 4 members (excludes halogenated alkanes) is 1. The summed E-state index contributed by atoms with van der Waals surface area (Å²) in [5, 5.41) is 0. The molecule has 0 bridgehead atoms. The predicted octanol–water partition coefficient (Wildman–Crippen LogP) is 5.92. The minimum Gasteiger partial charge on any atom is -0.466 e. The van der Waals surface area contributed by atoms with Gasteiger partial charge >= 0.3 is 5.97 Å². The highest BCUT2D eigenvalue weighted by atomic mass is 16.5. The van der Waals surface area contributed by atoms with Crippen molar-refractivity contribution in [1.82, 2.24) is 0 Å². The Balaban J connectivity index is 2.06. The SMILES string of the molecule is C=CCCCOC(=O)CC(c1ccccc1)(c1ccccc1)c1ccccc1. The van der Waals surface area contributed by atoms with Gasteiger partial charge in [0.25, 0.3) is 0 Å². The average molecular weight is 370 g/mol. The van der Waals surface area contributed by atoms with Gasteiger partial charge in [0.2, 0.25) is 0 Å². The number of rotatable bonds is 9. The fourth-order valence-corrected chi connectivity index (χ4v) is 3.66. The Morgan fingerprint density at radius 1 is 0.786 bits per heavy atom. The first-order valence-electron chi connectivity index (χ1n) is 9.70. The van der Waals surface area contributed by atoms with Crippen molar-refractivity contribution in [2.75, 3.05) is 6.61 Å². The third-order valence-corrected chi connectivity index (χ3v) is 5.02. The quantitative estimate of drug-likeness (QED) is 0.202. The minimum atomic E-state index is -0.598. The van der Waals surface area contributed by atoms with E-state index in [9.17, 15) is 4.79 Å². The van der Waals surface area contributed by atoms with Crippen LogP contribution in [0.15, 0.2) is 104 Å². The molecule has 0 unspecified atom stereocenters. The molecule has 0 saturated heterocycles. The summed E-state index contributed by atoms with van der Waals surface area (Å²) < 4.78 is 5.58. The van der Waals surface area contributed by atoms with E-state index in [0.717, 1.165) is 29.5 Å². The normalized spacial score (nSPS) is 11.0. The van der Waals surface area contributed by atoms with Gasteiger partial charge in [-0.25, -0.2) is 0 Å². The van der Waals surface area contributed by atoms with Gasteiger partial charge < -0.3 is 4.74 Å². The van der Waals surface area contributed by atoms with E-state index in [2.05, 4.69) is 43.0 Å². The van der Waals surface area contributed by atoms with Gasteiger partial charge in [-0.15, -0.1) is 6.58 Å². The number of benzene rings is 3. The van der Waals surface area contributed by atoms with Crippen molar-refractivity contribution < 1.29 is 9.53 Å². The Morgan fingerprint density at radius 2 is 1.21 bits per heavy atom. The zero-order valence-corrected chi connectivity index (χ0v) is 16.1.